The van der Waals surface area contributed by atoms with E-state index in [1.807, 2.05) is 31.2 Å². The van der Waals surface area contributed by atoms with Gasteiger partial charge in [-0.15, -0.1) is 0 Å². The number of aryl methyl sites for hydroxylation is 1. The van der Waals surface area contributed by atoms with Crippen molar-refractivity contribution in [3.05, 3.63) is 53.2 Å². The number of carbonyl (C=O) groups is 1. The monoisotopic (exact) mass is 286 g/mol. The highest BCUT2D eigenvalue weighted by Gasteiger charge is 2.32. The van der Waals surface area contributed by atoms with Gasteiger partial charge in [-0.05, 0) is 25.3 Å². The molecule has 0 unspecified atom stereocenters. The van der Waals surface area contributed by atoms with Crippen molar-refractivity contribution < 1.29 is 14.3 Å². The van der Waals surface area contributed by atoms with Gasteiger partial charge in [0, 0.05) is 12.5 Å². The van der Waals surface area contributed by atoms with Crippen LogP contribution >= 0.6 is 0 Å². The van der Waals surface area contributed by atoms with E-state index < -0.39 is 6.10 Å². The lowest BCUT2D eigenvalue weighted by atomic mass is 10.1. The summed E-state index contributed by atoms with van der Waals surface area (Å²) in [6, 6.07) is 7.59. The van der Waals surface area contributed by atoms with Gasteiger partial charge in [0.05, 0.1) is 6.10 Å². The summed E-state index contributed by atoms with van der Waals surface area (Å²) >= 11 is 0. The number of hydrogen-bond acceptors (Lipinski definition) is 4. The van der Waals surface area contributed by atoms with Crippen LogP contribution in [0.1, 0.15) is 52.2 Å². The van der Waals surface area contributed by atoms with E-state index in [1.54, 1.807) is 0 Å². The molecule has 5 nitrogen and oxygen atoms in total. The molecule has 0 saturated heterocycles. The fraction of sp³-hybridized carbons (Fsp3) is 0.375. The van der Waals surface area contributed by atoms with Crippen LogP contribution in [0.5, 0.6) is 0 Å². The predicted octanol–water partition coefficient (Wildman–Crippen LogP) is 2.32. The molecule has 21 heavy (non-hydrogen) atoms. The van der Waals surface area contributed by atoms with Gasteiger partial charge in [0.25, 0.3) is 5.91 Å². The smallest absolute Gasteiger partial charge is 0.273 e. The molecule has 0 radical (unpaired) electrons. The first-order valence-corrected chi connectivity index (χ1v) is 7.11. The molecule has 1 fully saturated rings. The lowest BCUT2D eigenvalue weighted by Gasteiger charge is -2.12. The third-order valence-corrected chi connectivity index (χ3v) is 3.68. The summed E-state index contributed by atoms with van der Waals surface area (Å²) in [5.41, 5.74) is 2.25. The van der Waals surface area contributed by atoms with E-state index in [1.165, 1.54) is 6.39 Å². The van der Waals surface area contributed by atoms with Crippen LogP contribution in [-0.4, -0.2) is 22.5 Å². The molecule has 1 saturated carbocycles. The van der Waals surface area contributed by atoms with Crippen molar-refractivity contribution >= 4 is 5.91 Å². The molecule has 1 aliphatic rings. The standard InChI is InChI=1S/C16H18N2O3/c1-10-2-4-11(5-3-10)13(19)8-17-16(20)14-15(12-6-7-12)21-9-18-14/h2-5,9,12-13,19H,6-8H2,1H3,(H,17,20)/t13-/m0/s1. The minimum absolute atomic E-state index is 0.152. The fourth-order valence-corrected chi connectivity index (χ4v) is 2.24. The average molecular weight is 286 g/mol. The molecule has 1 atom stereocenters. The van der Waals surface area contributed by atoms with Crippen molar-refractivity contribution in [1.29, 1.82) is 0 Å². The van der Waals surface area contributed by atoms with E-state index in [0.29, 0.717) is 17.4 Å². The topological polar surface area (TPSA) is 75.4 Å². The summed E-state index contributed by atoms with van der Waals surface area (Å²) in [5, 5.41) is 12.8. The van der Waals surface area contributed by atoms with Crippen LogP contribution < -0.4 is 5.32 Å². The Hall–Kier alpha value is -2.14. The largest absolute Gasteiger partial charge is 0.447 e. The number of aliphatic hydroxyl groups is 1. The highest BCUT2D eigenvalue weighted by Crippen LogP contribution is 2.41. The van der Waals surface area contributed by atoms with Crippen LogP contribution in [0.4, 0.5) is 0 Å². The third kappa shape index (κ3) is 3.13. The molecule has 1 aromatic heterocycles. The first kappa shape index (κ1) is 13.8. The highest BCUT2D eigenvalue weighted by molar-refractivity contribution is 5.93. The molecule has 1 aliphatic carbocycles. The summed E-state index contributed by atoms with van der Waals surface area (Å²) < 4.78 is 5.28. The van der Waals surface area contributed by atoms with Gasteiger partial charge in [-0.3, -0.25) is 4.79 Å². The number of nitrogens with one attached hydrogen (secondary N) is 1. The maximum Gasteiger partial charge on any atom is 0.273 e. The molecule has 2 N–H and O–H groups in total. The molecule has 3 rings (SSSR count). The number of oxazole rings is 1. The van der Waals surface area contributed by atoms with Crippen LogP contribution in [0.2, 0.25) is 0 Å². The molecule has 0 aliphatic heterocycles. The predicted molar refractivity (Wildman–Crippen MR) is 77.0 cm³/mol. The van der Waals surface area contributed by atoms with Gasteiger partial charge in [-0.2, -0.15) is 0 Å². The lowest BCUT2D eigenvalue weighted by molar-refractivity contribution is 0.0910. The van der Waals surface area contributed by atoms with Crippen molar-refractivity contribution in [2.24, 2.45) is 0 Å². The molecule has 1 aromatic carbocycles. The number of nitrogens with zero attached hydrogens (tertiary/aromatic N) is 1. The maximum absolute atomic E-state index is 12.1. The zero-order valence-corrected chi connectivity index (χ0v) is 11.9. The molecule has 0 spiro atoms. The molecular formula is C16H18N2O3. The normalized spacial score (nSPS) is 15.7. The molecular weight excluding hydrogens is 268 g/mol. The second-order valence-corrected chi connectivity index (χ2v) is 5.48. The molecule has 5 heteroatoms. The van der Waals surface area contributed by atoms with Crippen LogP contribution in [0.15, 0.2) is 35.1 Å². The number of benzene rings is 1. The van der Waals surface area contributed by atoms with Gasteiger partial charge < -0.3 is 14.8 Å². The van der Waals surface area contributed by atoms with Gasteiger partial charge in [0.2, 0.25) is 0 Å². The Morgan fingerprint density at radius 1 is 1.43 bits per heavy atom. The van der Waals surface area contributed by atoms with Crippen LogP contribution in [0.25, 0.3) is 0 Å². The van der Waals surface area contributed by atoms with Gasteiger partial charge in [-0.1, -0.05) is 29.8 Å². The number of aliphatic hydroxyl groups excluding tert-OH is 1. The maximum atomic E-state index is 12.1. The number of amides is 1. The average Bonchev–Trinajstić information content (AvgIpc) is 3.22. The second-order valence-electron chi connectivity index (χ2n) is 5.48. The van der Waals surface area contributed by atoms with Crippen molar-refractivity contribution in [1.82, 2.24) is 10.3 Å². The number of hydrogen-bond donors (Lipinski definition) is 2. The Balaban J connectivity index is 1.60. The summed E-state index contributed by atoms with van der Waals surface area (Å²) in [4.78, 5) is 16.1. The van der Waals surface area contributed by atoms with E-state index in [-0.39, 0.29) is 12.5 Å². The van der Waals surface area contributed by atoms with Crippen molar-refractivity contribution in [3.8, 4) is 0 Å². The molecule has 1 heterocycles. The highest BCUT2D eigenvalue weighted by atomic mass is 16.3. The number of carbonyl (C=O) groups excluding carboxylic acids is 1. The Kier molecular flexibility index (Phi) is 3.75. The molecule has 2 aromatic rings. The fourth-order valence-electron chi connectivity index (χ4n) is 2.24. The van der Waals surface area contributed by atoms with E-state index in [2.05, 4.69) is 10.3 Å². The Bertz CT molecular complexity index is 629. The Morgan fingerprint density at radius 3 is 2.81 bits per heavy atom. The first-order chi connectivity index (χ1) is 10.1. The molecule has 110 valence electrons. The van der Waals surface area contributed by atoms with E-state index in [0.717, 1.165) is 24.0 Å². The van der Waals surface area contributed by atoms with Crippen molar-refractivity contribution in [2.75, 3.05) is 6.54 Å². The van der Waals surface area contributed by atoms with Gasteiger partial charge in [-0.25, -0.2) is 4.98 Å². The Morgan fingerprint density at radius 2 is 2.14 bits per heavy atom. The quantitative estimate of drug-likeness (QED) is 0.884. The first-order valence-electron chi connectivity index (χ1n) is 7.11. The summed E-state index contributed by atoms with van der Waals surface area (Å²) in [5.74, 6) is 0.699. The van der Waals surface area contributed by atoms with Crippen LogP contribution in [0.3, 0.4) is 0 Å². The van der Waals surface area contributed by atoms with Crippen molar-refractivity contribution in [2.45, 2.75) is 31.8 Å². The number of aromatic nitrogens is 1. The van der Waals surface area contributed by atoms with E-state index >= 15 is 0 Å². The van der Waals surface area contributed by atoms with Crippen LogP contribution in [0, 0.1) is 6.92 Å². The summed E-state index contributed by atoms with van der Waals surface area (Å²) in [6.45, 7) is 2.14. The van der Waals surface area contributed by atoms with E-state index in [9.17, 15) is 9.90 Å². The Labute approximate surface area is 123 Å². The SMILES string of the molecule is Cc1ccc([C@@H](O)CNC(=O)c2ncoc2C2CC2)cc1. The molecule has 0 bridgehead atoms. The van der Waals surface area contributed by atoms with Crippen LogP contribution in [-0.2, 0) is 0 Å². The second kappa shape index (κ2) is 5.69. The zero-order chi connectivity index (χ0) is 14.8. The van der Waals surface area contributed by atoms with Gasteiger partial charge in [0.1, 0.15) is 5.76 Å². The van der Waals surface area contributed by atoms with Gasteiger partial charge >= 0.3 is 0 Å². The zero-order valence-electron chi connectivity index (χ0n) is 11.9. The van der Waals surface area contributed by atoms with Crippen molar-refractivity contribution in [3.63, 3.8) is 0 Å². The summed E-state index contributed by atoms with van der Waals surface area (Å²) in [6.07, 6.45) is 2.66. The lowest BCUT2D eigenvalue weighted by Crippen LogP contribution is -2.29. The van der Waals surface area contributed by atoms with E-state index in [4.69, 9.17) is 4.42 Å². The van der Waals surface area contributed by atoms with Gasteiger partial charge in [0.15, 0.2) is 12.1 Å². The number of rotatable bonds is 5. The summed E-state index contributed by atoms with van der Waals surface area (Å²) in [7, 11) is 0. The third-order valence-electron chi connectivity index (χ3n) is 3.68. The minimum Gasteiger partial charge on any atom is -0.447 e. The molecule has 1 amide bonds. The minimum atomic E-state index is -0.731.